The number of ether oxygens (including phenoxy) is 3. The summed E-state index contributed by atoms with van der Waals surface area (Å²) in [6.45, 7) is 7.81. The quantitative estimate of drug-likeness (QED) is 0.547. The van der Waals surface area contributed by atoms with Gasteiger partial charge in [0.05, 0.1) is 38.5 Å². The van der Waals surface area contributed by atoms with Crippen molar-refractivity contribution in [2.75, 3.05) is 38.3 Å². The lowest BCUT2D eigenvalue weighted by Gasteiger charge is -2.42. The number of rotatable bonds is 5. The summed E-state index contributed by atoms with van der Waals surface area (Å²) in [7, 11) is 0. The highest BCUT2D eigenvalue weighted by Gasteiger charge is 2.52. The minimum absolute atomic E-state index is 0.153. The molecule has 126 valence electrons. The van der Waals surface area contributed by atoms with Crippen molar-refractivity contribution < 1.29 is 19.0 Å². The first kappa shape index (κ1) is 16.5. The Morgan fingerprint density at radius 3 is 2.82 bits per heavy atom. The number of alkyl halides is 1. The van der Waals surface area contributed by atoms with Crippen LogP contribution in [0.15, 0.2) is 0 Å². The number of amides is 1. The van der Waals surface area contributed by atoms with E-state index in [-0.39, 0.29) is 18.2 Å². The summed E-state index contributed by atoms with van der Waals surface area (Å²) in [6, 6.07) is 0.161. The zero-order valence-corrected chi connectivity index (χ0v) is 15.0. The summed E-state index contributed by atoms with van der Waals surface area (Å²) in [6.07, 6.45) is 2.26. The van der Waals surface area contributed by atoms with Crippen molar-refractivity contribution in [3.05, 3.63) is 0 Å². The molecule has 2 heterocycles. The second-order valence-electron chi connectivity index (χ2n) is 7.41. The topological polar surface area (TPSA) is 48.0 Å². The molecule has 2 aliphatic heterocycles. The van der Waals surface area contributed by atoms with Gasteiger partial charge in [0.15, 0.2) is 0 Å². The van der Waals surface area contributed by atoms with Gasteiger partial charge in [0.1, 0.15) is 6.61 Å². The van der Waals surface area contributed by atoms with Crippen molar-refractivity contribution in [2.24, 2.45) is 17.3 Å². The summed E-state index contributed by atoms with van der Waals surface area (Å²) < 4.78 is 16.9. The van der Waals surface area contributed by atoms with Crippen molar-refractivity contribution in [2.45, 2.75) is 38.8 Å². The summed E-state index contributed by atoms with van der Waals surface area (Å²) >= 11 is 3.39. The molecule has 3 rings (SSSR count). The first-order valence-electron chi connectivity index (χ1n) is 8.20. The van der Waals surface area contributed by atoms with Gasteiger partial charge in [-0.1, -0.05) is 29.8 Å². The molecule has 5 nitrogen and oxygen atoms in total. The van der Waals surface area contributed by atoms with Crippen LogP contribution in [0.25, 0.3) is 0 Å². The molecule has 1 aliphatic carbocycles. The molecular weight excluding hydrogens is 350 g/mol. The molecule has 0 spiro atoms. The van der Waals surface area contributed by atoms with Crippen LogP contribution in [0.3, 0.4) is 0 Å². The van der Waals surface area contributed by atoms with E-state index in [1.54, 1.807) is 0 Å². The minimum atomic E-state index is -0.175. The Morgan fingerprint density at radius 1 is 1.36 bits per heavy atom. The van der Waals surface area contributed by atoms with Gasteiger partial charge in [0.25, 0.3) is 0 Å². The highest BCUT2D eigenvalue weighted by Crippen LogP contribution is 2.51. The predicted octanol–water partition coefficient (Wildman–Crippen LogP) is 2.67. The van der Waals surface area contributed by atoms with Gasteiger partial charge in [0, 0.05) is 5.33 Å². The van der Waals surface area contributed by atoms with Crippen molar-refractivity contribution in [1.82, 2.24) is 4.90 Å². The Hall–Kier alpha value is -0.330. The minimum Gasteiger partial charge on any atom is -0.448 e. The summed E-state index contributed by atoms with van der Waals surface area (Å²) in [5.41, 5.74) is 0.304. The lowest BCUT2D eigenvalue weighted by Crippen LogP contribution is -2.53. The molecule has 4 atom stereocenters. The van der Waals surface area contributed by atoms with Gasteiger partial charge in [0.2, 0.25) is 0 Å². The maximum Gasteiger partial charge on any atom is 0.410 e. The van der Waals surface area contributed by atoms with Gasteiger partial charge in [-0.15, -0.1) is 0 Å². The van der Waals surface area contributed by atoms with Gasteiger partial charge >= 0.3 is 6.09 Å². The van der Waals surface area contributed by atoms with Crippen LogP contribution in [0, 0.1) is 17.3 Å². The molecule has 0 bridgehead atoms. The molecule has 0 aromatic rings. The van der Waals surface area contributed by atoms with Gasteiger partial charge in [-0.3, -0.25) is 4.90 Å². The molecule has 3 aliphatic rings. The number of hydrogen-bond donors (Lipinski definition) is 0. The third-order valence-corrected chi connectivity index (χ3v) is 5.60. The summed E-state index contributed by atoms with van der Waals surface area (Å²) in [5, 5.41) is 0.849. The van der Waals surface area contributed by atoms with E-state index in [1.807, 2.05) is 4.90 Å². The van der Waals surface area contributed by atoms with E-state index >= 15 is 0 Å². The zero-order chi connectivity index (χ0) is 15.7. The molecule has 0 unspecified atom stereocenters. The number of fused-ring (bicyclic) bond motifs is 1. The number of hydrogen-bond acceptors (Lipinski definition) is 4. The summed E-state index contributed by atoms with van der Waals surface area (Å²) in [5.74, 6) is 0.962. The second kappa shape index (κ2) is 6.65. The Labute approximate surface area is 140 Å². The highest BCUT2D eigenvalue weighted by molar-refractivity contribution is 9.09. The Balaban J connectivity index is 1.71. The van der Waals surface area contributed by atoms with E-state index in [1.165, 1.54) is 0 Å². The Bertz CT molecular complexity index is 417. The number of nitrogens with zero attached hydrogens (tertiary/aromatic N) is 1. The Morgan fingerprint density at radius 2 is 2.14 bits per heavy atom. The third-order valence-electron chi connectivity index (χ3n) is 5.28. The number of cyclic esters (lactones) is 1. The van der Waals surface area contributed by atoms with Crippen LogP contribution >= 0.6 is 15.9 Å². The Kier molecular flexibility index (Phi) is 5.00. The largest absolute Gasteiger partial charge is 0.448 e. The third kappa shape index (κ3) is 3.29. The van der Waals surface area contributed by atoms with Crippen molar-refractivity contribution in [3.8, 4) is 0 Å². The maximum absolute atomic E-state index is 11.9. The van der Waals surface area contributed by atoms with E-state index in [0.29, 0.717) is 50.2 Å². The van der Waals surface area contributed by atoms with E-state index in [9.17, 15) is 4.79 Å². The van der Waals surface area contributed by atoms with Crippen LogP contribution in [0.2, 0.25) is 0 Å². The van der Waals surface area contributed by atoms with Gasteiger partial charge in [-0.25, -0.2) is 4.79 Å². The fraction of sp³-hybridized carbons (Fsp3) is 0.938. The molecule has 6 heteroatoms. The molecule has 0 N–H and O–H groups in total. The van der Waals surface area contributed by atoms with Crippen LogP contribution in [-0.4, -0.2) is 61.4 Å². The lowest BCUT2D eigenvalue weighted by molar-refractivity contribution is -0.114. The zero-order valence-electron chi connectivity index (χ0n) is 13.4. The SMILES string of the molecule is CC1(C)C[C@@H]2[C@H](C1)[C@H](N1CCOC1=O)CO[C@@H]2COCCBr. The fourth-order valence-electron chi connectivity index (χ4n) is 4.41. The van der Waals surface area contributed by atoms with Gasteiger partial charge in [-0.2, -0.15) is 0 Å². The van der Waals surface area contributed by atoms with Crippen LogP contribution in [-0.2, 0) is 14.2 Å². The second-order valence-corrected chi connectivity index (χ2v) is 8.20. The first-order chi connectivity index (χ1) is 10.5. The van der Waals surface area contributed by atoms with Crippen LogP contribution < -0.4 is 0 Å². The normalized spacial score (nSPS) is 37.2. The van der Waals surface area contributed by atoms with E-state index in [2.05, 4.69) is 29.8 Å². The lowest BCUT2D eigenvalue weighted by atomic mass is 9.82. The average Bonchev–Trinajstić information content (AvgIpc) is 3.01. The van der Waals surface area contributed by atoms with Gasteiger partial charge in [-0.05, 0) is 30.1 Å². The van der Waals surface area contributed by atoms with Gasteiger partial charge < -0.3 is 14.2 Å². The smallest absolute Gasteiger partial charge is 0.410 e. The summed E-state index contributed by atoms with van der Waals surface area (Å²) in [4.78, 5) is 13.8. The van der Waals surface area contributed by atoms with Crippen molar-refractivity contribution >= 4 is 22.0 Å². The molecule has 1 saturated carbocycles. The number of halogens is 1. The number of carbonyl (C=O) groups is 1. The van der Waals surface area contributed by atoms with E-state index in [4.69, 9.17) is 14.2 Å². The predicted molar refractivity (Wildman–Crippen MR) is 86.2 cm³/mol. The van der Waals surface area contributed by atoms with E-state index < -0.39 is 0 Å². The molecule has 0 aromatic carbocycles. The molecule has 1 amide bonds. The molecule has 0 radical (unpaired) electrons. The van der Waals surface area contributed by atoms with Crippen LogP contribution in [0.5, 0.6) is 0 Å². The van der Waals surface area contributed by atoms with Crippen LogP contribution in [0.4, 0.5) is 4.79 Å². The molecular formula is C16H26BrNO4. The molecule has 2 saturated heterocycles. The maximum atomic E-state index is 11.9. The molecule has 0 aromatic heterocycles. The average molecular weight is 376 g/mol. The van der Waals surface area contributed by atoms with Crippen LogP contribution in [0.1, 0.15) is 26.7 Å². The first-order valence-corrected chi connectivity index (χ1v) is 9.33. The van der Waals surface area contributed by atoms with Crippen molar-refractivity contribution in [3.63, 3.8) is 0 Å². The van der Waals surface area contributed by atoms with Crippen molar-refractivity contribution in [1.29, 1.82) is 0 Å². The molecule has 22 heavy (non-hydrogen) atoms. The fourth-order valence-corrected chi connectivity index (χ4v) is 4.64. The van der Waals surface area contributed by atoms with E-state index in [0.717, 1.165) is 18.2 Å². The number of carbonyl (C=O) groups excluding carboxylic acids is 1. The highest BCUT2D eigenvalue weighted by atomic mass is 79.9. The standard InChI is InChI=1S/C16H26BrNO4/c1-16(2)7-11-12(8-16)14(10-20-5-3-17)22-9-13(11)18-4-6-21-15(18)19/h11-14H,3-10H2,1-2H3/t11-,12+,13+,14+/m0/s1. The molecule has 3 fully saturated rings. The monoisotopic (exact) mass is 375 g/mol.